The molecule has 4 atom stereocenters. The van der Waals surface area contributed by atoms with Gasteiger partial charge in [0.05, 0.1) is 0 Å². The van der Waals surface area contributed by atoms with Crippen molar-refractivity contribution in [2.75, 3.05) is 13.1 Å². The zero-order valence-corrected chi connectivity index (χ0v) is 12.6. The number of hydrogen-bond donors (Lipinski definition) is 1. The lowest BCUT2D eigenvalue weighted by Gasteiger charge is -2.34. The smallest absolute Gasteiger partial charge is 0.225 e. The molecule has 4 unspecified atom stereocenters. The van der Waals surface area contributed by atoms with E-state index in [4.69, 9.17) is 5.73 Å². The highest BCUT2D eigenvalue weighted by Crippen LogP contribution is 2.30. The molecule has 0 aromatic rings. The van der Waals surface area contributed by atoms with Gasteiger partial charge in [-0.25, -0.2) is 0 Å². The van der Waals surface area contributed by atoms with Gasteiger partial charge in [-0.15, -0.1) is 0 Å². The number of carbonyl (C=O) groups is 1. The first-order valence-electron chi connectivity index (χ1n) is 8.16. The highest BCUT2D eigenvalue weighted by molar-refractivity contribution is 5.79. The summed E-state index contributed by atoms with van der Waals surface area (Å²) in [4.78, 5) is 14.8. The van der Waals surface area contributed by atoms with E-state index in [-0.39, 0.29) is 12.0 Å². The van der Waals surface area contributed by atoms with Crippen LogP contribution in [0, 0.1) is 17.8 Å². The van der Waals surface area contributed by atoms with Crippen molar-refractivity contribution in [1.29, 1.82) is 0 Å². The maximum atomic E-state index is 12.6. The van der Waals surface area contributed by atoms with Gasteiger partial charge in [0.25, 0.3) is 0 Å². The van der Waals surface area contributed by atoms with Crippen LogP contribution < -0.4 is 5.73 Å². The molecule has 1 saturated heterocycles. The first kappa shape index (κ1) is 14.8. The molecule has 19 heavy (non-hydrogen) atoms. The van der Waals surface area contributed by atoms with Crippen molar-refractivity contribution < 1.29 is 4.79 Å². The van der Waals surface area contributed by atoms with E-state index >= 15 is 0 Å². The summed E-state index contributed by atoms with van der Waals surface area (Å²) in [5.74, 6) is 1.99. The second-order valence-electron chi connectivity index (χ2n) is 6.68. The molecule has 0 spiro atoms. The Morgan fingerprint density at radius 1 is 1.21 bits per heavy atom. The van der Waals surface area contributed by atoms with Crippen molar-refractivity contribution in [2.45, 2.75) is 64.8 Å². The van der Waals surface area contributed by atoms with Crippen molar-refractivity contribution in [3.8, 4) is 0 Å². The Balaban J connectivity index is 1.88. The number of likely N-dealkylation sites (tertiary alicyclic amines) is 1. The van der Waals surface area contributed by atoms with Crippen molar-refractivity contribution in [3.05, 3.63) is 0 Å². The van der Waals surface area contributed by atoms with E-state index in [9.17, 15) is 4.79 Å². The normalized spacial score (nSPS) is 36.9. The number of amides is 1. The SMILES string of the molecule is CCC1CCCN(C(=O)C2CCC(C)C(N)C2)CC1. The molecule has 0 radical (unpaired) electrons. The van der Waals surface area contributed by atoms with Gasteiger partial charge in [-0.3, -0.25) is 4.79 Å². The molecule has 1 heterocycles. The molecule has 3 heteroatoms. The highest BCUT2D eigenvalue weighted by atomic mass is 16.2. The van der Waals surface area contributed by atoms with Gasteiger partial charge in [0, 0.05) is 25.0 Å². The monoisotopic (exact) mass is 266 g/mol. The number of rotatable bonds is 2. The number of carbonyl (C=O) groups excluding carboxylic acids is 1. The fraction of sp³-hybridized carbons (Fsp3) is 0.938. The highest BCUT2D eigenvalue weighted by Gasteiger charge is 2.32. The van der Waals surface area contributed by atoms with Gasteiger partial charge in [0.1, 0.15) is 0 Å². The predicted molar refractivity (Wildman–Crippen MR) is 78.7 cm³/mol. The average molecular weight is 266 g/mol. The van der Waals surface area contributed by atoms with Gasteiger partial charge in [-0.2, -0.15) is 0 Å². The lowest BCUT2D eigenvalue weighted by molar-refractivity contribution is -0.137. The molecular formula is C16H30N2O. The quantitative estimate of drug-likeness (QED) is 0.835. The van der Waals surface area contributed by atoms with Crippen LogP contribution in [0.25, 0.3) is 0 Å². The Hall–Kier alpha value is -0.570. The Labute approximate surface area is 117 Å². The summed E-state index contributed by atoms with van der Waals surface area (Å²) in [5, 5.41) is 0. The molecule has 2 fully saturated rings. The summed E-state index contributed by atoms with van der Waals surface area (Å²) in [6.07, 6.45) is 7.98. The fourth-order valence-electron chi connectivity index (χ4n) is 3.63. The minimum atomic E-state index is 0.198. The minimum absolute atomic E-state index is 0.198. The van der Waals surface area contributed by atoms with E-state index in [1.165, 1.54) is 25.7 Å². The fourth-order valence-corrected chi connectivity index (χ4v) is 3.63. The number of nitrogens with zero attached hydrogens (tertiary/aromatic N) is 1. The topological polar surface area (TPSA) is 46.3 Å². The lowest BCUT2D eigenvalue weighted by Crippen LogP contribution is -2.43. The second kappa shape index (κ2) is 6.74. The zero-order valence-electron chi connectivity index (χ0n) is 12.6. The van der Waals surface area contributed by atoms with Crippen LogP contribution in [0.4, 0.5) is 0 Å². The largest absolute Gasteiger partial charge is 0.342 e. The first-order chi connectivity index (χ1) is 9.11. The molecule has 2 aliphatic rings. The van der Waals surface area contributed by atoms with Gasteiger partial charge in [-0.05, 0) is 50.4 Å². The summed E-state index contributed by atoms with van der Waals surface area (Å²) >= 11 is 0. The van der Waals surface area contributed by atoms with Crippen LogP contribution in [0.2, 0.25) is 0 Å². The van der Waals surface area contributed by atoms with Crippen LogP contribution in [0.5, 0.6) is 0 Å². The third kappa shape index (κ3) is 3.71. The van der Waals surface area contributed by atoms with Crippen LogP contribution >= 0.6 is 0 Å². The number of nitrogens with two attached hydrogens (primary N) is 1. The van der Waals surface area contributed by atoms with Gasteiger partial charge in [-0.1, -0.05) is 20.3 Å². The molecule has 1 aliphatic heterocycles. The summed E-state index contributed by atoms with van der Waals surface area (Å²) < 4.78 is 0. The van der Waals surface area contributed by atoms with Crippen molar-refractivity contribution >= 4 is 5.91 Å². The third-order valence-electron chi connectivity index (χ3n) is 5.34. The van der Waals surface area contributed by atoms with Gasteiger partial charge < -0.3 is 10.6 Å². The molecule has 1 amide bonds. The first-order valence-corrected chi connectivity index (χ1v) is 8.16. The maximum Gasteiger partial charge on any atom is 0.225 e. The van der Waals surface area contributed by atoms with Crippen molar-refractivity contribution in [1.82, 2.24) is 4.90 Å². The van der Waals surface area contributed by atoms with E-state index in [0.29, 0.717) is 11.8 Å². The molecule has 0 aromatic heterocycles. The molecule has 0 bridgehead atoms. The summed E-state index contributed by atoms with van der Waals surface area (Å²) in [6, 6.07) is 0.220. The zero-order chi connectivity index (χ0) is 13.8. The average Bonchev–Trinajstić information content (AvgIpc) is 2.66. The van der Waals surface area contributed by atoms with Gasteiger partial charge in [0.15, 0.2) is 0 Å². The molecule has 0 aromatic carbocycles. The van der Waals surface area contributed by atoms with Crippen LogP contribution in [-0.2, 0) is 4.79 Å². The predicted octanol–water partition coefficient (Wildman–Crippen LogP) is 2.79. The van der Waals surface area contributed by atoms with Crippen LogP contribution in [0.15, 0.2) is 0 Å². The molecule has 1 aliphatic carbocycles. The molecule has 2 rings (SSSR count). The van der Waals surface area contributed by atoms with Crippen LogP contribution in [-0.4, -0.2) is 29.9 Å². The standard InChI is InChI=1S/C16H30N2O/c1-3-13-5-4-9-18(10-8-13)16(19)14-7-6-12(2)15(17)11-14/h12-15H,3-11,17H2,1-2H3. The molecular weight excluding hydrogens is 236 g/mol. The minimum Gasteiger partial charge on any atom is -0.342 e. The van der Waals surface area contributed by atoms with Gasteiger partial charge >= 0.3 is 0 Å². The van der Waals surface area contributed by atoms with E-state index in [2.05, 4.69) is 18.7 Å². The van der Waals surface area contributed by atoms with E-state index in [1.54, 1.807) is 0 Å². The van der Waals surface area contributed by atoms with Crippen molar-refractivity contribution in [2.24, 2.45) is 23.5 Å². The summed E-state index contributed by atoms with van der Waals surface area (Å²) in [5.41, 5.74) is 6.14. The molecule has 2 N–H and O–H groups in total. The lowest BCUT2D eigenvalue weighted by atomic mass is 9.79. The second-order valence-corrected chi connectivity index (χ2v) is 6.68. The maximum absolute atomic E-state index is 12.6. The van der Waals surface area contributed by atoms with Gasteiger partial charge in [0.2, 0.25) is 5.91 Å². The Morgan fingerprint density at radius 3 is 2.68 bits per heavy atom. The van der Waals surface area contributed by atoms with E-state index < -0.39 is 0 Å². The third-order valence-corrected chi connectivity index (χ3v) is 5.34. The molecule has 1 saturated carbocycles. The Morgan fingerprint density at radius 2 is 2.00 bits per heavy atom. The van der Waals surface area contributed by atoms with E-state index in [1.807, 2.05) is 0 Å². The molecule has 110 valence electrons. The summed E-state index contributed by atoms with van der Waals surface area (Å²) in [6.45, 7) is 6.42. The molecule has 3 nitrogen and oxygen atoms in total. The van der Waals surface area contributed by atoms with E-state index in [0.717, 1.165) is 38.3 Å². The summed E-state index contributed by atoms with van der Waals surface area (Å²) in [7, 11) is 0. The Bertz CT molecular complexity index is 305. The number of hydrogen-bond acceptors (Lipinski definition) is 2. The van der Waals surface area contributed by atoms with Crippen molar-refractivity contribution in [3.63, 3.8) is 0 Å². The Kier molecular flexibility index (Phi) is 5.26. The van der Waals surface area contributed by atoms with Crippen LogP contribution in [0.1, 0.15) is 58.8 Å². The van der Waals surface area contributed by atoms with Crippen LogP contribution in [0.3, 0.4) is 0 Å².